The molecule has 1 N–H and O–H groups in total. The molecule has 1 aromatic heterocycles. The first-order chi connectivity index (χ1) is 8.97. The van der Waals surface area contributed by atoms with Crippen molar-refractivity contribution in [3.8, 4) is 0 Å². The molecule has 0 atom stereocenters. The molecule has 0 radical (unpaired) electrons. The van der Waals surface area contributed by atoms with Gasteiger partial charge in [0.15, 0.2) is 17.5 Å². The van der Waals surface area contributed by atoms with Gasteiger partial charge in [-0.1, -0.05) is 0 Å². The maximum atomic E-state index is 13.0. The number of halogens is 3. The van der Waals surface area contributed by atoms with Crippen molar-refractivity contribution < 1.29 is 13.2 Å². The molecule has 0 spiro atoms. The second-order valence-electron chi connectivity index (χ2n) is 4.49. The SMILES string of the molecule is CC(C)n1ccc(CNc2cc(F)c(F)c(F)c2)n1. The van der Waals surface area contributed by atoms with Gasteiger partial charge < -0.3 is 5.32 Å². The van der Waals surface area contributed by atoms with Crippen LogP contribution in [0, 0.1) is 17.5 Å². The fourth-order valence-electron chi connectivity index (χ4n) is 1.61. The molecular weight excluding hydrogens is 255 g/mol. The van der Waals surface area contributed by atoms with Crippen molar-refractivity contribution >= 4 is 5.69 Å². The molecule has 6 heteroatoms. The monoisotopic (exact) mass is 269 g/mol. The summed E-state index contributed by atoms with van der Waals surface area (Å²) in [5.41, 5.74) is 0.911. The molecule has 2 rings (SSSR count). The summed E-state index contributed by atoms with van der Waals surface area (Å²) >= 11 is 0. The zero-order valence-corrected chi connectivity index (χ0v) is 10.6. The van der Waals surface area contributed by atoms with Gasteiger partial charge >= 0.3 is 0 Å². The lowest BCUT2D eigenvalue weighted by Crippen LogP contribution is -2.05. The lowest BCUT2D eigenvalue weighted by Gasteiger charge is -2.06. The Morgan fingerprint density at radius 2 is 1.84 bits per heavy atom. The van der Waals surface area contributed by atoms with E-state index in [1.807, 2.05) is 26.1 Å². The maximum absolute atomic E-state index is 13.0. The fourth-order valence-corrected chi connectivity index (χ4v) is 1.61. The van der Waals surface area contributed by atoms with E-state index in [2.05, 4.69) is 10.4 Å². The van der Waals surface area contributed by atoms with E-state index in [-0.39, 0.29) is 11.7 Å². The van der Waals surface area contributed by atoms with E-state index in [1.165, 1.54) is 0 Å². The Morgan fingerprint density at radius 3 is 2.37 bits per heavy atom. The number of hydrogen-bond donors (Lipinski definition) is 1. The quantitative estimate of drug-likeness (QED) is 0.861. The van der Waals surface area contributed by atoms with Gasteiger partial charge in [0.1, 0.15) is 0 Å². The number of anilines is 1. The van der Waals surface area contributed by atoms with Gasteiger partial charge in [-0.3, -0.25) is 4.68 Å². The Bertz CT molecular complexity index is 555. The average Bonchev–Trinajstić information content (AvgIpc) is 2.82. The normalized spacial score (nSPS) is 11.1. The van der Waals surface area contributed by atoms with Crippen molar-refractivity contribution in [1.82, 2.24) is 9.78 Å². The highest BCUT2D eigenvalue weighted by atomic mass is 19.2. The summed E-state index contributed by atoms with van der Waals surface area (Å²) in [7, 11) is 0. The summed E-state index contributed by atoms with van der Waals surface area (Å²) in [6.45, 7) is 4.30. The Labute approximate surface area is 109 Å². The van der Waals surface area contributed by atoms with E-state index in [9.17, 15) is 13.2 Å². The third kappa shape index (κ3) is 3.07. The van der Waals surface area contributed by atoms with Gasteiger partial charge in [-0.2, -0.15) is 5.10 Å². The predicted octanol–water partition coefficient (Wildman–Crippen LogP) is 3.49. The Hall–Kier alpha value is -1.98. The van der Waals surface area contributed by atoms with Crippen LogP contribution in [0.3, 0.4) is 0 Å². The van der Waals surface area contributed by atoms with Gasteiger partial charge in [-0.15, -0.1) is 0 Å². The molecule has 0 saturated carbocycles. The first kappa shape index (κ1) is 13.5. The molecule has 2 aromatic rings. The van der Waals surface area contributed by atoms with Crippen molar-refractivity contribution in [1.29, 1.82) is 0 Å². The van der Waals surface area contributed by atoms with Crippen LogP contribution >= 0.6 is 0 Å². The van der Waals surface area contributed by atoms with E-state index in [0.29, 0.717) is 6.54 Å². The minimum atomic E-state index is -1.46. The van der Waals surface area contributed by atoms with Crippen LogP contribution in [0.15, 0.2) is 24.4 Å². The van der Waals surface area contributed by atoms with Crippen molar-refractivity contribution in [2.45, 2.75) is 26.4 Å². The van der Waals surface area contributed by atoms with Gasteiger partial charge in [-0.05, 0) is 19.9 Å². The molecule has 1 heterocycles. The number of hydrogen-bond acceptors (Lipinski definition) is 2. The van der Waals surface area contributed by atoms with Crippen molar-refractivity contribution in [2.75, 3.05) is 5.32 Å². The van der Waals surface area contributed by atoms with Gasteiger partial charge in [-0.25, -0.2) is 13.2 Å². The fraction of sp³-hybridized carbons (Fsp3) is 0.308. The van der Waals surface area contributed by atoms with Gasteiger partial charge in [0.25, 0.3) is 0 Å². The van der Waals surface area contributed by atoms with Crippen LogP contribution in [0.25, 0.3) is 0 Å². The largest absolute Gasteiger partial charge is 0.379 e. The number of benzene rings is 1. The molecular formula is C13H14F3N3. The number of aromatic nitrogens is 2. The molecule has 0 aliphatic carbocycles. The highest BCUT2D eigenvalue weighted by Crippen LogP contribution is 2.18. The number of rotatable bonds is 4. The van der Waals surface area contributed by atoms with E-state index in [1.54, 1.807) is 4.68 Å². The molecule has 0 saturated heterocycles. The lowest BCUT2D eigenvalue weighted by molar-refractivity contribution is 0.447. The van der Waals surface area contributed by atoms with Gasteiger partial charge in [0.2, 0.25) is 0 Å². The molecule has 3 nitrogen and oxygen atoms in total. The standard InChI is InChI=1S/C13H14F3N3/c1-8(2)19-4-3-9(18-19)7-17-10-5-11(14)13(16)12(15)6-10/h3-6,8,17H,7H2,1-2H3. The number of nitrogens with zero attached hydrogens (tertiary/aromatic N) is 2. The van der Waals surface area contributed by atoms with Crippen molar-refractivity contribution in [2.24, 2.45) is 0 Å². The average molecular weight is 269 g/mol. The molecule has 0 amide bonds. The molecule has 0 bridgehead atoms. The zero-order chi connectivity index (χ0) is 14.0. The molecule has 102 valence electrons. The van der Waals surface area contributed by atoms with E-state index >= 15 is 0 Å². The first-order valence-corrected chi connectivity index (χ1v) is 5.90. The van der Waals surface area contributed by atoms with Crippen LogP contribution in [0.5, 0.6) is 0 Å². The van der Waals surface area contributed by atoms with Crippen LogP contribution in [-0.2, 0) is 6.54 Å². The van der Waals surface area contributed by atoms with Gasteiger partial charge in [0, 0.05) is 30.1 Å². The van der Waals surface area contributed by atoms with Crippen molar-refractivity contribution in [3.05, 3.63) is 47.5 Å². The second kappa shape index (κ2) is 5.34. The first-order valence-electron chi connectivity index (χ1n) is 5.90. The third-order valence-corrected chi connectivity index (χ3v) is 2.65. The summed E-state index contributed by atoms with van der Waals surface area (Å²) in [5, 5.41) is 7.08. The summed E-state index contributed by atoms with van der Waals surface area (Å²) in [6.07, 6.45) is 1.83. The predicted molar refractivity (Wildman–Crippen MR) is 66.3 cm³/mol. The van der Waals surface area contributed by atoms with Crippen LogP contribution < -0.4 is 5.32 Å². The van der Waals surface area contributed by atoms with Crippen LogP contribution in [0.1, 0.15) is 25.6 Å². The van der Waals surface area contributed by atoms with E-state index in [0.717, 1.165) is 17.8 Å². The molecule has 0 unspecified atom stereocenters. The second-order valence-corrected chi connectivity index (χ2v) is 4.49. The van der Waals surface area contributed by atoms with Crippen LogP contribution in [-0.4, -0.2) is 9.78 Å². The molecule has 1 aromatic carbocycles. The number of nitrogens with one attached hydrogen (secondary N) is 1. The molecule has 19 heavy (non-hydrogen) atoms. The van der Waals surface area contributed by atoms with Crippen molar-refractivity contribution in [3.63, 3.8) is 0 Å². The zero-order valence-electron chi connectivity index (χ0n) is 10.6. The molecule has 0 aliphatic heterocycles. The summed E-state index contributed by atoms with van der Waals surface area (Å²) in [5.74, 6) is -3.89. The van der Waals surface area contributed by atoms with E-state index < -0.39 is 17.5 Å². The minimum Gasteiger partial charge on any atom is -0.379 e. The Kier molecular flexibility index (Phi) is 3.78. The Morgan fingerprint density at radius 1 is 1.21 bits per heavy atom. The van der Waals surface area contributed by atoms with Gasteiger partial charge in [0.05, 0.1) is 12.2 Å². The Balaban J connectivity index is 2.06. The maximum Gasteiger partial charge on any atom is 0.194 e. The van der Waals surface area contributed by atoms with Crippen LogP contribution in [0.2, 0.25) is 0 Å². The summed E-state index contributed by atoms with van der Waals surface area (Å²) in [4.78, 5) is 0. The summed E-state index contributed by atoms with van der Waals surface area (Å²) in [6, 6.07) is 3.88. The highest BCUT2D eigenvalue weighted by Gasteiger charge is 2.10. The van der Waals surface area contributed by atoms with E-state index in [4.69, 9.17) is 0 Å². The highest BCUT2D eigenvalue weighted by molar-refractivity contribution is 5.44. The molecule has 0 aliphatic rings. The summed E-state index contributed by atoms with van der Waals surface area (Å²) < 4.78 is 40.6. The smallest absolute Gasteiger partial charge is 0.194 e. The topological polar surface area (TPSA) is 29.9 Å². The lowest BCUT2D eigenvalue weighted by atomic mass is 10.2. The van der Waals surface area contributed by atoms with Crippen LogP contribution in [0.4, 0.5) is 18.9 Å². The molecule has 0 fully saturated rings. The third-order valence-electron chi connectivity index (χ3n) is 2.65. The minimum absolute atomic E-state index is 0.176.